The van der Waals surface area contributed by atoms with Crippen LogP contribution in [-0.4, -0.2) is 22.2 Å². The first-order chi connectivity index (χ1) is 10.2. The van der Waals surface area contributed by atoms with Gasteiger partial charge in [-0.25, -0.2) is 0 Å². The van der Waals surface area contributed by atoms with E-state index in [9.17, 15) is 4.79 Å². The van der Waals surface area contributed by atoms with Gasteiger partial charge in [-0.2, -0.15) is 5.10 Å². The van der Waals surface area contributed by atoms with Crippen LogP contribution >= 0.6 is 12.4 Å². The Morgan fingerprint density at radius 2 is 2.23 bits per heavy atom. The fourth-order valence-electron chi connectivity index (χ4n) is 2.74. The molecule has 3 rings (SSSR count). The van der Waals surface area contributed by atoms with Gasteiger partial charge in [-0.15, -0.1) is 12.4 Å². The van der Waals surface area contributed by atoms with Gasteiger partial charge in [0, 0.05) is 25.5 Å². The van der Waals surface area contributed by atoms with Crippen LogP contribution in [0.4, 0.5) is 5.69 Å². The van der Waals surface area contributed by atoms with E-state index in [-0.39, 0.29) is 18.3 Å². The summed E-state index contributed by atoms with van der Waals surface area (Å²) in [6.07, 6.45) is 3.57. The molecule has 0 fully saturated rings. The lowest BCUT2D eigenvalue weighted by Crippen LogP contribution is -2.23. The number of rotatable bonds is 3. The van der Waals surface area contributed by atoms with Gasteiger partial charge in [0.15, 0.2) is 0 Å². The third kappa shape index (κ3) is 3.31. The van der Waals surface area contributed by atoms with Crippen molar-refractivity contribution in [2.45, 2.75) is 26.3 Å². The fraction of sp³-hybridized carbons (Fsp3) is 0.375. The number of nitrogens with zero attached hydrogens (tertiary/aromatic N) is 2. The Morgan fingerprint density at radius 3 is 3.00 bits per heavy atom. The molecule has 0 saturated carbocycles. The number of nitrogens with one attached hydrogen (secondary N) is 2. The number of anilines is 1. The van der Waals surface area contributed by atoms with E-state index in [1.807, 2.05) is 20.0 Å². The predicted octanol–water partition coefficient (Wildman–Crippen LogP) is 2.30. The highest BCUT2D eigenvalue weighted by atomic mass is 35.5. The number of amides is 1. The van der Waals surface area contributed by atoms with Crippen LogP contribution in [-0.2, 0) is 26.4 Å². The van der Waals surface area contributed by atoms with Crippen LogP contribution in [0.25, 0.3) is 0 Å². The Kier molecular flexibility index (Phi) is 5.21. The van der Waals surface area contributed by atoms with E-state index < -0.39 is 0 Å². The molecule has 0 bridgehead atoms. The van der Waals surface area contributed by atoms with Gasteiger partial charge < -0.3 is 10.6 Å². The Bertz CT molecular complexity index is 681. The van der Waals surface area contributed by atoms with E-state index in [2.05, 4.69) is 27.9 Å². The molecule has 1 aliphatic heterocycles. The molecule has 0 spiro atoms. The minimum absolute atomic E-state index is 0. The molecule has 6 heteroatoms. The topological polar surface area (TPSA) is 59.0 Å². The summed E-state index contributed by atoms with van der Waals surface area (Å²) in [5, 5.41) is 10.6. The molecular formula is C16H21ClN4O. The Labute approximate surface area is 136 Å². The summed E-state index contributed by atoms with van der Waals surface area (Å²) in [6, 6.07) is 6.14. The minimum atomic E-state index is -0.0938. The third-order valence-corrected chi connectivity index (χ3v) is 3.84. The van der Waals surface area contributed by atoms with Gasteiger partial charge in [-0.3, -0.25) is 9.48 Å². The smallest absolute Gasteiger partial charge is 0.259 e. The number of aryl methyl sites for hydroxylation is 2. The highest BCUT2D eigenvalue weighted by Gasteiger charge is 2.15. The van der Waals surface area contributed by atoms with Gasteiger partial charge in [0.05, 0.1) is 11.3 Å². The number of hydrogen-bond acceptors (Lipinski definition) is 3. The second-order valence-electron chi connectivity index (χ2n) is 5.38. The lowest BCUT2D eigenvalue weighted by Gasteiger charge is -2.18. The van der Waals surface area contributed by atoms with E-state index in [4.69, 9.17) is 0 Å². The molecule has 0 unspecified atom stereocenters. The third-order valence-electron chi connectivity index (χ3n) is 3.84. The van der Waals surface area contributed by atoms with Crippen LogP contribution in [0.3, 0.4) is 0 Å². The highest BCUT2D eigenvalue weighted by Crippen LogP contribution is 2.20. The van der Waals surface area contributed by atoms with Crippen molar-refractivity contribution in [3.63, 3.8) is 0 Å². The molecule has 1 aromatic carbocycles. The number of halogens is 1. The zero-order valence-corrected chi connectivity index (χ0v) is 13.7. The van der Waals surface area contributed by atoms with Crippen LogP contribution in [0.2, 0.25) is 0 Å². The van der Waals surface area contributed by atoms with E-state index >= 15 is 0 Å². The summed E-state index contributed by atoms with van der Waals surface area (Å²) < 4.78 is 1.69. The molecule has 0 saturated heterocycles. The highest BCUT2D eigenvalue weighted by molar-refractivity contribution is 6.05. The van der Waals surface area contributed by atoms with Crippen molar-refractivity contribution in [1.82, 2.24) is 15.1 Å². The summed E-state index contributed by atoms with van der Waals surface area (Å²) in [4.78, 5) is 12.4. The first-order valence-corrected chi connectivity index (χ1v) is 7.33. The van der Waals surface area contributed by atoms with Gasteiger partial charge in [0.1, 0.15) is 0 Å². The maximum Gasteiger partial charge on any atom is 0.259 e. The van der Waals surface area contributed by atoms with Crippen molar-refractivity contribution in [2.75, 3.05) is 11.9 Å². The van der Waals surface area contributed by atoms with E-state index in [0.717, 1.165) is 37.3 Å². The van der Waals surface area contributed by atoms with E-state index in [1.54, 1.807) is 10.9 Å². The van der Waals surface area contributed by atoms with Crippen LogP contribution < -0.4 is 10.6 Å². The standard InChI is InChI=1S/C16H20N4O.ClH/c1-3-15-14(10-20(2)19-15)16(21)18-13-5-4-11-6-7-17-9-12(11)8-13;/h4-5,8,10,17H,3,6-7,9H2,1-2H3,(H,18,21);1H. The first-order valence-electron chi connectivity index (χ1n) is 7.33. The monoisotopic (exact) mass is 320 g/mol. The number of fused-ring (bicyclic) bond motifs is 1. The number of aromatic nitrogens is 2. The summed E-state index contributed by atoms with van der Waals surface area (Å²) in [6.45, 7) is 3.89. The number of hydrogen-bond donors (Lipinski definition) is 2. The molecule has 2 aromatic rings. The molecule has 0 aliphatic carbocycles. The summed E-state index contributed by atoms with van der Waals surface area (Å²) in [5.41, 5.74) is 4.95. The van der Waals surface area contributed by atoms with Gasteiger partial charge >= 0.3 is 0 Å². The van der Waals surface area contributed by atoms with E-state index in [1.165, 1.54) is 11.1 Å². The zero-order chi connectivity index (χ0) is 14.8. The average Bonchev–Trinajstić information content (AvgIpc) is 2.88. The molecule has 118 valence electrons. The largest absolute Gasteiger partial charge is 0.322 e. The van der Waals surface area contributed by atoms with Crippen molar-refractivity contribution >= 4 is 24.0 Å². The molecule has 22 heavy (non-hydrogen) atoms. The summed E-state index contributed by atoms with van der Waals surface area (Å²) >= 11 is 0. The zero-order valence-electron chi connectivity index (χ0n) is 12.8. The Morgan fingerprint density at radius 1 is 1.41 bits per heavy atom. The number of benzene rings is 1. The molecule has 1 amide bonds. The average molecular weight is 321 g/mol. The molecule has 5 nitrogen and oxygen atoms in total. The van der Waals surface area contributed by atoms with Gasteiger partial charge in [-0.05, 0) is 42.6 Å². The number of carbonyl (C=O) groups excluding carboxylic acids is 1. The fourth-order valence-corrected chi connectivity index (χ4v) is 2.74. The lowest BCUT2D eigenvalue weighted by molar-refractivity contribution is 0.102. The molecule has 0 radical (unpaired) electrons. The molecule has 2 N–H and O–H groups in total. The van der Waals surface area contributed by atoms with Crippen LogP contribution in [0.1, 0.15) is 34.1 Å². The summed E-state index contributed by atoms with van der Waals surface area (Å²) in [7, 11) is 1.83. The quantitative estimate of drug-likeness (QED) is 0.912. The van der Waals surface area contributed by atoms with E-state index in [0.29, 0.717) is 5.56 Å². The number of carbonyl (C=O) groups is 1. The minimum Gasteiger partial charge on any atom is -0.322 e. The van der Waals surface area contributed by atoms with Crippen LogP contribution in [0.15, 0.2) is 24.4 Å². The van der Waals surface area contributed by atoms with Crippen LogP contribution in [0.5, 0.6) is 0 Å². The van der Waals surface area contributed by atoms with Crippen molar-refractivity contribution in [2.24, 2.45) is 7.05 Å². The molecule has 1 aromatic heterocycles. The van der Waals surface area contributed by atoms with Gasteiger partial charge in [0.2, 0.25) is 0 Å². The molecular weight excluding hydrogens is 300 g/mol. The van der Waals surface area contributed by atoms with Gasteiger partial charge in [-0.1, -0.05) is 13.0 Å². The van der Waals surface area contributed by atoms with Crippen molar-refractivity contribution in [1.29, 1.82) is 0 Å². The second kappa shape index (κ2) is 6.94. The lowest BCUT2D eigenvalue weighted by atomic mass is 10.0. The maximum absolute atomic E-state index is 12.4. The maximum atomic E-state index is 12.4. The first kappa shape index (κ1) is 16.5. The molecule has 1 aliphatic rings. The van der Waals surface area contributed by atoms with Crippen molar-refractivity contribution in [3.8, 4) is 0 Å². The molecule has 2 heterocycles. The second-order valence-corrected chi connectivity index (χ2v) is 5.38. The van der Waals surface area contributed by atoms with Crippen LogP contribution in [0, 0.1) is 0 Å². The Hall–Kier alpha value is -1.85. The van der Waals surface area contributed by atoms with Crippen molar-refractivity contribution < 1.29 is 4.79 Å². The predicted molar refractivity (Wildman–Crippen MR) is 89.6 cm³/mol. The summed E-state index contributed by atoms with van der Waals surface area (Å²) in [5.74, 6) is -0.0938. The van der Waals surface area contributed by atoms with Gasteiger partial charge in [0.25, 0.3) is 5.91 Å². The Balaban J connectivity index is 0.00000176. The molecule has 0 atom stereocenters. The SMILES string of the molecule is CCc1nn(C)cc1C(=O)Nc1ccc2c(c1)CNCC2.Cl. The van der Waals surface area contributed by atoms with Crippen molar-refractivity contribution in [3.05, 3.63) is 46.8 Å². The normalized spacial score (nSPS) is 13.2.